The maximum Gasteiger partial charge on any atom is 0.168 e. The number of Topliss-reactive ketones (excluding diaryl/α,β-unsaturated/α-hetero) is 1. The van der Waals surface area contributed by atoms with Crippen LogP contribution in [0.5, 0.6) is 0 Å². The number of halogens is 1. The van der Waals surface area contributed by atoms with Crippen LogP contribution >= 0.6 is 15.9 Å². The summed E-state index contributed by atoms with van der Waals surface area (Å²) in [5.41, 5.74) is 4.39. The van der Waals surface area contributed by atoms with Gasteiger partial charge < -0.3 is 0 Å². The minimum absolute atomic E-state index is 0.0787. The Morgan fingerprint density at radius 2 is 1.48 bits per heavy atom. The lowest BCUT2D eigenvalue weighted by molar-refractivity contribution is 0.0991. The lowest BCUT2D eigenvalue weighted by Crippen LogP contribution is -2.09. The third-order valence-electron chi connectivity index (χ3n) is 4.36. The SMILES string of the molecule is O=C(Cc1cc(-c2ccc(Br)cc2)nn1-c1ccccc1)c1ccccc1. The average Bonchev–Trinajstić information content (AvgIpc) is 3.13. The largest absolute Gasteiger partial charge is 0.294 e. The topological polar surface area (TPSA) is 34.9 Å². The summed E-state index contributed by atoms with van der Waals surface area (Å²) in [7, 11) is 0. The van der Waals surface area contributed by atoms with Crippen molar-refractivity contribution in [2.75, 3.05) is 0 Å². The Kier molecular flexibility index (Phi) is 4.99. The van der Waals surface area contributed by atoms with Gasteiger partial charge in [0.25, 0.3) is 0 Å². The third kappa shape index (κ3) is 3.91. The van der Waals surface area contributed by atoms with Crippen LogP contribution in [0.1, 0.15) is 16.1 Å². The van der Waals surface area contributed by atoms with Gasteiger partial charge in [0.05, 0.1) is 23.5 Å². The highest BCUT2D eigenvalue weighted by molar-refractivity contribution is 9.10. The molecule has 4 aromatic rings. The number of para-hydroxylation sites is 1. The molecule has 4 rings (SSSR count). The van der Waals surface area contributed by atoms with E-state index in [1.807, 2.05) is 95.7 Å². The average molecular weight is 417 g/mol. The highest BCUT2D eigenvalue weighted by Crippen LogP contribution is 2.24. The van der Waals surface area contributed by atoms with Crippen molar-refractivity contribution in [2.45, 2.75) is 6.42 Å². The van der Waals surface area contributed by atoms with E-state index in [9.17, 15) is 4.79 Å². The molecule has 4 heteroatoms. The van der Waals surface area contributed by atoms with E-state index in [0.717, 1.165) is 27.1 Å². The van der Waals surface area contributed by atoms with Gasteiger partial charge >= 0.3 is 0 Å². The van der Waals surface area contributed by atoms with Crippen LogP contribution in [0.3, 0.4) is 0 Å². The van der Waals surface area contributed by atoms with E-state index >= 15 is 0 Å². The quantitative estimate of drug-likeness (QED) is 0.389. The first-order chi connectivity index (χ1) is 13.2. The second-order valence-corrected chi connectivity index (χ2v) is 7.16. The van der Waals surface area contributed by atoms with E-state index in [4.69, 9.17) is 5.10 Å². The molecule has 0 saturated carbocycles. The molecule has 27 heavy (non-hydrogen) atoms. The zero-order valence-electron chi connectivity index (χ0n) is 14.5. The Morgan fingerprint density at radius 1 is 0.852 bits per heavy atom. The first-order valence-electron chi connectivity index (χ1n) is 8.69. The van der Waals surface area contributed by atoms with Gasteiger partial charge in [0.2, 0.25) is 0 Å². The highest BCUT2D eigenvalue weighted by atomic mass is 79.9. The zero-order valence-corrected chi connectivity index (χ0v) is 16.1. The Balaban J connectivity index is 1.74. The van der Waals surface area contributed by atoms with Crippen molar-refractivity contribution >= 4 is 21.7 Å². The molecule has 0 amide bonds. The summed E-state index contributed by atoms with van der Waals surface area (Å²) in [6, 6.07) is 29.3. The molecule has 0 spiro atoms. The van der Waals surface area contributed by atoms with Crippen LogP contribution in [0.25, 0.3) is 16.9 Å². The van der Waals surface area contributed by atoms with Crippen molar-refractivity contribution in [3.8, 4) is 16.9 Å². The summed E-state index contributed by atoms with van der Waals surface area (Å²) < 4.78 is 2.88. The van der Waals surface area contributed by atoms with Crippen LogP contribution in [-0.2, 0) is 6.42 Å². The van der Waals surface area contributed by atoms with Gasteiger partial charge in [0.1, 0.15) is 0 Å². The predicted molar refractivity (Wildman–Crippen MR) is 111 cm³/mol. The second-order valence-electron chi connectivity index (χ2n) is 6.24. The molecule has 0 aliphatic carbocycles. The molecule has 0 fully saturated rings. The maximum absolute atomic E-state index is 12.7. The number of carbonyl (C=O) groups is 1. The molecule has 1 aromatic heterocycles. The Morgan fingerprint density at radius 3 is 2.15 bits per heavy atom. The molecule has 0 N–H and O–H groups in total. The van der Waals surface area contributed by atoms with E-state index in [-0.39, 0.29) is 5.78 Å². The van der Waals surface area contributed by atoms with Gasteiger partial charge in [-0.2, -0.15) is 5.10 Å². The molecule has 0 atom stereocenters. The molecule has 3 nitrogen and oxygen atoms in total. The molecule has 132 valence electrons. The van der Waals surface area contributed by atoms with Crippen LogP contribution < -0.4 is 0 Å². The minimum atomic E-state index is 0.0787. The molecule has 0 radical (unpaired) electrons. The number of benzene rings is 3. The van der Waals surface area contributed by atoms with E-state index in [1.165, 1.54) is 0 Å². The van der Waals surface area contributed by atoms with E-state index in [1.54, 1.807) is 0 Å². The molecule has 0 aliphatic heterocycles. The second kappa shape index (κ2) is 7.72. The maximum atomic E-state index is 12.7. The van der Waals surface area contributed by atoms with Gasteiger partial charge in [-0.05, 0) is 30.3 Å². The summed E-state index contributed by atoms with van der Waals surface area (Å²) in [6.45, 7) is 0. The Labute approximate surface area is 166 Å². The monoisotopic (exact) mass is 416 g/mol. The molecule has 1 heterocycles. The Bertz CT molecular complexity index is 1050. The lowest BCUT2D eigenvalue weighted by atomic mass is 10.1. The number of hydrogen-bond acceptors (Lipinski definition) is 2. The van der Waals surface area contributed by atoms with E-state index < -0.39 is 0 Å². The van der Waals surface area contributed by atoms with Gasteiger partial charge in [-0.15, -0.1) is 0 Å². The van der Waals surface area contributed by atoms with Gasteiger partial charge in [0, 0.05) is 15.6 Å². The molecular formula is C23H17BrN2O. The fraction of sp³-hybridized carbons (Fsp3) is 0.0435. The smallest absolute Gasteiger partial charge is 0.168 e. The van der Waals surface area contributed by atoms with Gasteiger partial charge in [0.15, 0.2) is 5.78 Å². The molecule has 0 unspecified atom stereocenters. The standard InChI is InChI=1S/C23H17BrN2O/c24-19-13-11-17(12-14-19)22-15-21(16-23(27)18-7-3-1-4-8-18)26(25-22)20-9-5-2-6-10-20/h1-15H,16H2. The van der Waals surface area contributed by atoms with E-state index in [0.29, 0.717) is 12.0 Å². The first kappa shape index (κ1) is 17.4. The van der Waals surface area contributed by atoms with Crippen molar-refractivity contribution < 1.29 is 4.79 Å². The number of aromatic nitrogens is 2. The van der Waals surface area contributed by atoms with Gasteiger partial charge in [-0.3, -0.25) is 4.79 Å². The van der Waals surface area contributed by atoms with Gasteiger partial charge in [-0.25, -0.2) is 4.68 Å². The molecule has 0 bridgehead atoms. The van der Waals surface area contributed by atoms with Crippen molar-refractivity contribution in [1.82, 2.24) is 9.78 Å². The lowest BCUT2D eigenvalue weighted by Gasteiger charge is -2.07. The predicted octanol–water partition coefficient (Wildman–Crippen LogP) is 5.73. The van der Waals surface area contributed by atoms with Crippen LogP contribution in [-0.4, -0.2) is 15.6 Å². The fourth-order valence-corrected chi connectivity index (χ4v) is 3.26. The van der Waals surface area contributed by atoms with Crippen molar-refractivity contribution in [3.05, 3.63) is 107 Å². The van der Waals surface area contributed by atoms with Crippen LogP contribution in [0.15, 0.2) is 95.5 Å². The number of ketones is 1. The van der Waals surface area contributed by atoms with E-state index in [2.05, 4.69) is 15.9 Å². The number of hydrogen-bond donors (Lipinski definition) is 0. The minimum Gasteiger partial charge on any atom is -0.294 e. The summed E-state index contributed by atoms with van der Waals surface area (Å²) in [5.74, 6) is 0.0787. The molecule has 0 saturated heterocycles. The zero-order chi connectivity index (χ0) is 18.6. The summed E-state index contributed by atoms with van der Waals surface area (Å²) in [6.07, 6.45) is 0.294. The summed E-state index contributed by atoms with van der Waals surface area (Å²) >= 11 is 3.46. The Hall–Kier alpha value is -2.98. The molecule has 0 aliphatic rings. The number of nitrogens with zero attached hydrogens (tertiary/aromatic N) is 2. The highest BCUT2D eigenvalue weighted by Gasteiger charge is 2.15. The normalized spacial score (nSPS) is 10.7. The first-order valence-corrected chi connectivity index (χ1v) is 9.48. The molecular weight excluding hydrogens is 400 g/mol. The van der Waals surface area contributed by atoms with Gasteiger partial charge in [-0.1, -0.05) is 76.6 Å². The van der Waals surface area contributed by atoms with Crippen LogP contribution in [0, 0.1) is 0 Å². The van der Waals surface area contributed by atoms with Crippen LogP contribution in [0.2, 0.25) is 0 Å². The summed E-state index contributed by atoms with van der Waals surface area (Å²) in [5, 5.41) is 4.78. The fourth-order valence-electron chi connectivity index (χ4n) is 2.99. The molecule has 3 aromatic carbocycles. The van der Waals surface area contributed by atoms with Crippen LogP contribution in [0.4, 0.5) is 0 Å². The number of rotatable bonds is 5. The third-order valence-corrected chi connectivity index (χ3v) is 4.89. The summed E-state index contributed by atoms with van der Waals surface area (Å²) in [4.78, 5) is 12.7. The van der Waals surface area contributed by atoms with Crippen molar-refractivity contribution in [3.63, 3.8) is 0 Å². The van der Waals surface area contributed by atoms with Crippen molar-refractivity contribution in [1.29, 1.82) is 0 Å². The number of carbonyl (C=O) groups excluding carboxylic acids is 1. The van der Waals surface area contributed by atoms with Crippen molar-refractivity contribution in [2.24, 2.45) is 0 Å².